The summed E-state index contributed by atoms with van der Waals surface area (Å²) in [6, 6.07) is 0. The van der Waals surface area contributed by atoms with Crippen LogP contribution in [-0.2, 0) is 4.74 Å². The summed E-state index contributed by atoms with van der Waals surface area (Å²) in [5, 5.41) is 9.83. The topological polar surface area (TPSA) is 29.5 Å². The molecule has 2 nitrogen and oxygen atoms in total. The van der Waals surface area contributed by atoms with Gasteiger partial charge in [-0.25, -0.2) is 0 Å². The van der Waals surface area contributed by atoms with Crippen LogP contribution in [0, 0.1) is 34.5 Å². The molecule has 0 aromatic carbocycles. The van der Waals surface area contributed by atoms with Crippen molar-refractivity contribution in [3.8, 4) is 0 Å². The van der Waals surface area contributed by atoms with E-state index in [2.05, 4.69) is 20.8 Å². The first-order chi connectivity index (χ1) is 9.17. The Kier molecular flexibility index (Phi) is 3.31. The molecule has 3 fully saturated rings. The average molecular weight is 280 g/mol. The Hall–Kier alpha value is -0.0800. The third kappa shape index (κ3) is 2.06. The third-order valence-electron chi connectivity index (χ3n) is 7.22. The standard InChI is InChI=1S/C18H32O2/c1-12-6-7-15-16(2,3)14-10-18(12,15)9-8-13(14)11-20-17(4,5)19/h12-15,19H,6-11H2,1-5H3/t12-,13?,14+,15+,18+/m1/s1. The molecule has 1 spiro atoms. The van der Waals surface area contributed by atoms with Gasteiger partial charge in [0.05, 0.1) is 6.61 Å². The summed E-state index contributed by atoms with van der Waals surface area (Å²) in [6.07, 6.45) is 6.96. The normalized spacial score (nSPS) is 46.5. The van der Waals surface area contributed by atoms with Gasteiger partial charge >= 0.3 is 0 Å². The Balaban J connectivity index is 1.78. The minimum absolute atomic E-state index is 0.453. The summed E-state index contributed by atoms with van der Waals surface area (Å²) in [7, 11) is 0. The lowest BCUT2D eigenvalue weighted by Gasteiger charge is -2.41. The van der Waals surface area contributed by atoms with Crippen molar-refractivity contribution in [2.75, 3.05) is 6.61 Å². The van der Waals surface area contributed by atoms with Crippen LogP contribution in [0.5, 0.6) is 0 Å². The van der Waals surface area contributed by atoms with Gasteiger partial charge < -0.3 is 9.84 Å². The molecule has 5 atom stereocenters. The van der Waals surface area contributed by atoms with Crippen LogP contribution in [0.4, 0.5) is 0 Å². The summed E-state index contributed by atoms with van der Waals surface area (Å²) >= 11 is 0. The Morgan fingerprint density at radius 2 is 1.90 bits per heavy atom. The van der Waals surface area contributed by atoms with E-state index in [-0.39, 0.29) is 0 Å². The van der Waals surface area contributed by atoms with E-state index < -0.39 is 5.79 Å². The first-order valence-electron chi connectivity index (χ1n) is 8.53. The highest BCUT2D eigenvalue weighted by atomic mass is 16.6. The van der Waals surface area contributed by atoms with Crippen LogP contribution < -0.4 is 0 Å². The lowest BCUT2D eigenvalue weighted by atomic mass is 9.65. The van der Waals surface area contributed by atoms with Crippen LogP contribution in [0.3, 0.4) is 0 Å². The summed E-state index contributed by atoms with van der Waals surface area (Å²) in [4.78, 5) is 0. The van der Waals surface area contributed by atoms with E-state index in [1.165, 1.54) is 32.1 Å². The number of hydrogen-bond acceptors (Lipinski definition) is 2. The Morgan fingerprint density at radius 3 is 2.55 bits per heavy atom. The molecule has 1 N–H and O–H groups in total. The second-order valence-electron chi connectivity index (χ2n) is 8.95. The quantitative estimate of drug-likeness (QED) is 0.784. The fourth-order valence-corrected chi connectivity index (χ4v) is 6.18. The lowest BCUT2D eigenvalue weighted by molar-refractivity contribution is -0.190. The van der Waals surface area contributed by atoms with E-state index in [1.54, 1.807) is 13.8 Å². The summed E-state index contributed by atoms with van der Waals surface area (Å²) in [6.45, 7) is 11.7. The van der Waals surface area contributed by atoms with Gasteiger partial charge in [-0.1, -0.05) is 20.8 Å². The maximum absolute atomic E-state index is 9.83. The molecule has 0 amide bonds. The van der Waals surface area contributed by atoms with Gasteiger partial charge in [-0.05, 0) is 80.5 Å². The molecular weight excluding hydrogens is 248 g/mol. The largest absolute Gasteiger partial charge is 0.366 e. The van der Waals surface area contributed by atoms with Crippen LogP contribution in [0.1, 0.15) is 66.7 Å². The smallest absolute Gasteiger partial charge is 0.159 e. The SMILES string of the molecule is C[C@@H]1CC[C@H]2C(C)(C)[C@H]3C[C@@]12CCC3COC(C)(C)O. The van der Waals surface area contributed by atoms with Gasteiger partial charge in [0.2, 0.25) is 0 Å². The molecule has 3 aliphatic rings. The van der Waals surface area contributed by atoms with E-state index in [1.807, 2.05) is 0 Å². The van der Waals surface area contributed by atoms with Crippen molar-refractivity contribution in [1.82, 2.24) is 0 Å². The summed E-state index contributed by atoms with van der Waals surface area (Å²) < 4.78 is 5.71. The predicted molar refractivity (Wildman–Crippen MR) is 81.2 cm³/mol. The molecule has 0 aromatic rings. The Labute approximate surface area is 124 Å². The Bertz CT molecular complexity index is 381. The molecule has 2 bridgehead atoms. The molecule has 1 unspecified atom stereocenters. The first-order valence-corrected chi connectivity index (χ1v) is 8.53. The minimum atomic E-state index is -0.985. The molecule has 3 rings (SSSR count). The summed E-state index contributed by atoms with van der Waals surface area (Å²) in [5.74, 6) is 2.27. The molecule has 3 aliphatic carbocycles. The van der Waals surface area contributed by atoms with Crippen molar-refractivity contribution in [2.24, 2.45) is 34.5 Å². The molecule has 0 aliphatic heterocycles. The molecule has 0 aromatic heterocycles. The van der Waals surface area contributed by atoms with E-state index in [0.29, 0.717) is 16.7 Å². The summed E-state index contributed by atoms with van der Waals surface area (Å²) in [5.41, 5.74) is 1.09. The maximum atomic E-state index is 9.83. The first kappa shape index (κ1) is 14.8. The van der Waals surface area contributed by atoms with Gasteiger partial charge in [0.1, 0.15) is 0 Å². The van der Waals surface area contributed by atoms with Gasteiger partial charge in [0.25, 0.3) is 0 Å². The van der Waals surface area contributed by atoms with Gasteiger partial charge in [-0.3, -0.25) is 0 Å². The lowest BCUT2D eigenvalue weighted by Crippen LogP contribution is -2.36. The molecular formula is C18H32O2. The average Bonchev–Trinajstić information content (AvgIpc) is 2.73. The van der Waals surface area contributed by atoms with Gasteiger partial charge in [0, 0.05) is 0 Å². The zero-order chi connectivity index (χ0) is 14.8. The van der Waals surface area contributed by atoms with E-state index in [0.717, 1.165) is 24.4 Å². The number of rotatable bonds is 3. The third-order valence-corrected chi connectivity index (χ3v) is 7.22. The van der Waals surface area contributed by atoms with Gasteiger partial charge in [-0.2, -0.15) is 0 Å². The fraction of sp³-hybridized carbons (Fsp3) is 1.00. The van der Waals surface area contributed by atoms with Crippen molar-refractivity contribution in [3.63, 3.8) is 0 Å². The van der Waals surface area contributed by atoms with Crippen molar-refractivity contribution in [1.29, 1.82) is 0 Å². The molecule has 0 saturated heterocycles. The molecule has 0 radical (unpaired) electrons. The predicted octanol–water partition coefficient (Wildman–Crippen LogP) is 4.22. The van der Waals surface area contributed by atoms with Gasteiger partial charge in [-0.15, -0.1) is 0 Å². The van der Waals surface area contributed by atoms with E-state index in [9.17, 15) is 5.11 Å². The highest BCUT2D eigenvalue weighted by molar-refractivity contribution is 5.13. The maximum Gasteiger partial charge on any atom is 0.159 e. The number of ether oxygens (including phenoxy) is 1. The van der Waals surface area contributed by atoms with Crippen LogP contribution in [0.2, 0.25) is 0 Å². The monoisotopic (exact) mass is 280 g/mol. The highest BCUT2D eigenvalue weighted by Crippen LogP contribution is 2.72. The molecule has 0 heterocycles. The van der Waals surface area contributed by atoms with E-state index in [4.69, 9.17) is 4.74 Å². The van der Waals surface area contributed by atoms with Crippen LogP contribution in [0.15, 0.2) is 0 Å². The van der Waals surface area contributed by atoms with Crippen LogP contribution in [-0.4, -0.2) is 17.5 Å². The van der Waals surface area contributed by atoms with E-state index >= 15 is 0 Å². The Morgan fingerprint density at radius 1 is 1.20 bits per heavy atom. The number of fused-ring (bicyclic) bond motifs is 1. The van der Waals surface area contributed by atoms with Crippen molar-refractivity contribution in [3.05, 3.63) is 0 Å². The van der Waals surface area contributed by atoms with Gasteiger partial charge in [0.15, 0.2) is 5.79 Å². The van der Waals surface area contributed by atoms with Crippen molar-refractivity contribution < 1.29 is 9.84 Å². The molecule has 2 heteroatoms. The number of hydrogen-bond donors (Lipinski definition) is 1. The highest BCUT2D eigenvalue weighted by Gasteiger charge is 2.65. The van der Waals surface area contributed by atoms with Crippen molar-refractivity contribution >= 4 is 0 Å². The van der Waals surface area contributed by atoms with Crippen LogP contribution in [0.25, 0.3) is 0 Å². The van der Waals surface area contributed by atoms with Crippen molar-refractivity contribution in [2.45, 2.75) is 72.5 Å². The zero-order valence-electron chi connectivity index (χ0n) is 13.9. The number of aliphatic hydroxyl groups is 1. The zero-order valence-corrected chi connectivity index (χ0v) is 13.9. The second-order valence-corrected chi connectivity index (χ2v) is 8.95. The molecule has 3 saturated carbocycles. The minimum Gasteiger partial charge on any atom is -0.366 e. The fourth-order valence-electron chi connectivity index (χ4n) is 6.18. The second kappa shape index (κ2) is 4.46. The molecule has 20 heavy (non-hydrogen) atoms. The molecule has 116 valence electrons. The van der Waals surface area contributed by atoms with Crippen LogP contribution >= 0.6 is 0 Å².